The number of hydrogen-bond donors (Lipinski definition) is 2. The van der Waals surface area contributed by atoms with Crippen molar-refractivity contribution in [3.05, 3.63) is 62.4 Å². The molecule has 2 rings (SSSR count). The molecule has 0 spiro atoms. The van der Waals surface area contributed by atoms with Crippen molar-refractivity contribution in [3.63, 3.8) is 0 Å². The Balaban J connectivity index is 2.12. The molecule has 0 aliphatic heterocycles. The van der Waals surface area contributed by atoms with Gasteiger partial charge in [0.15, 0.2) is 0 Å². The molecule has 8 heteroatoms. The van der Waals surface area contributed by atoms with Gasteiger partial charge in [0.05, 0.1) is 26.8 Å². The number of nitrogens with zero attached hydrogens (tertiary/aromatic N) is 2. The van der Waals surface area contributed by atoms with Crippen LogP contribution in [-0.2, 0) is 0 Å². The predicted molar refractivity (Wildman–Crippen MR) is 80.8 cm³/mol. The lowest BCUT2D eigenvalue weighted by Crippen LogP contribution is -2.12. The number of nitrogens with one attached hydrogen (secondary N) is 1. The van der Waals surface area contributed by atoms with Crippen molar-refractivity contribution in [2.45, 2.75) is 6.10 Å². The molecule has 21 heavy (non-hydrogen) atoms. The molecule has 0 fully saturated rings. The summed E-state index contributed by atoms with van der Waals surface area (Å²) in [7, 11) is 0. The summed E-state index contributed by atoms with van der Waals surface area (Å²) in [4.78, 5) is 14.0. The summed E-state index contributed by atoms with van der Waals surface area (Å²) in [6.07, 6.45) is 2.37. The van der Waals surface area contributed by atoms with Crippen molar-refractivity contribution >= 4 is 34.6 Å². The minimum absolute atomic E-state index is 0.121. The van der Waals surface area contributed by atoms with E-state index in [1.54, 1.807) is 24.5 Å². The molecule has 6 nitrogen and oxygen atoms in total. The highest BCUT2D eigenvalue weighted by atomic mass is 35.5. The highest BCUT2D eigenvalue weighted by Gasteiger charge is 2.15. The van der Waals surface area contributed by atoms with Crippen molar-refractivity contribution in [3.8, 4) is 0 Å². The number of aliphatic hydroxyl groups is 1. The van der Waals surface area contributed by atoms with E-state index >= 15 is 0 Å². The van der Waals surface area contributed by atoms with Crippen LogP contribution in [0.25, 0.3) is 0 Å². The molecule has 1 aromatic carbocycles. The first-order valence-corrected chi connectivity index (χ1v) is 6.70. The minimum Gasteiger partial charge on any atom is -0.387 e. The summed E-state index contributed by atoms with van der Waals surface area (Å²) < 4.78 is 0. The number of aromatic nitrogens is 1. The quantitative estimate of drug-likeness (QED) is 0.648. The average Bonchev–Trinajstić information content (AvgIpc) is 2.46. The Morgan fingerprint density at radius 2 is 1.86 bits per heavy atom. The number of aliphatic hydroxyl groups excluding tert-OH is 1. The van der Waals surface area contributed by atoms with Crippen LogP contribution < -0.4 is 5.32 Å². The van der Waals surface area contributed by atoms with Crippen molar-refractivity contribution in [1.29, 1.82) is 0 Å². The number of anilines is 1. The van der Waals surface area contributed by atoms with Gasteiger partial charge in [-0.1, -0.05) is 23.2 Å². The zero-order valence-corrected chi connectivity index (χ0v) is 12.2. The monoisotopic (exact) mass is 327 g/mol. The van der Waals surface area contributed by atoms with Crippen LogP contribution in [0.4, 0.5) is 11.4 Å². The predicted octanol–water partition coefficient (Wildman–Crippen LogP) is 3.44. The normalized spacial score (nSPS) is 12.0. The number of nitro groups is 1. The Bertz CT molecular complexity index is 629. The second-order valence-corrected chi connectivity index (χ2v) is 5.03. The fraction of sp³-hybridized carbons (Fsp3) is 0.154. The molecule has 2 aromatic rings. The number of benzene rings is 1. The highest BCUT2D eigenvalue weighted by molar-refractivity contribution is 6.39. The van der Waals surface area contributed by atoms with Gasteiger partial charge in [-0.3, -0.25) is 15.1 Å². The number of halogens is 2. The maximum absolute atomic E-state index is 10.7. The molecule has 0 aliphatic rings. The third-order valence-corrected chi connectivity index (χ3v) is 3.40. The van der Waals surface area contributed by atoms with Crippen molar-refractivity contribution in [2.24, 2.45) is 0 Å². The lowest BCUT2D eigenvalue weighted by atomic mass is 10.1. The van der Waals surface area contributed by atoms with Gasteiger partial charge in [0.25, 0.3) is 5.69 Å². The Hall–Kier alpha value is -1.89. The molecule has 1 aromatic heterocycles. The Morgan fingerprint density at radius 3 is 2.38 bits per heavy atom. The van der Waals surface area contributed by atoms with E-state index in [9.17, 15) is 15.2 Å². The Kier molecular flexibility index (Phi) is 4.95. The topological polar surface area (TPSA) is 88.3 Å². The first kappa shape index (κ1) is 15.5. The zero-order chi connectivity index (χ0) is 15.4. The molecule has 0 saturated heterocycles. The van der Waals surface area contributed by atoms with E-state index in [0.717, 1.165) is 0 Å². The van der Waals surface area contributed by atoms with Crippen molar-refractivity contribution < 1.29 is 10.0 Å². The molecular formula is C13H11Cl2N3O3. The van der Waals surface area contributed by atoms with Crippen LogP contribution in [0, 0.1) is 10.1 Å². The fourth-order valence-corrected chi connectivity index (χ4v) is 2.35. The van der Waals surface area contributed by atoms with Gasteiger partial charge in [-0.25, -0.2) is 0 Å². The molecule has 1 unspecified atom stereocenters. The van der Waals surface area contributed by atoms with Crippen LogP contribution >= 0.6 is 23.2 Å². The van der Waals surface area contributed by atoms with Gasteiger partial charge in [0, 0.05) is 31.1 Å². The van der Waals surface area contributed by atoms with Crippen LogP contribution in [0.5, 0.6) is 0 Å². The first-order valence-electron chi connectivity index (χ1n) is 5.94. The van der Waals surface area contributed by atoms with Gasteiger partial charge in [-0.15, -0.1) is 0 Å². The van der Waals surface area contributed by atoms with E-state index in [1.807, 2.05) is 0 Å². The van der Waals surface area contributed by atoms with Crippen LogP contribution in [-0.4, -0.2) is 21.6 Å². The van der Waals surface area contributed by atoms with Gasteiger partial charge in [0.2, 0.25) is 0 Å². The number of pyridine rings is 1. The number of nitro benzene ring substituents is 1. The summed E-state index contributed by atoms with van der Waals surface area (Å²) in [5.74, 6) is 0. The lowest BCUT2D eigenvalue weighted by Gasteiger charge is -2.15. The standard InChI is InChI=1S/C13H11Cl2N3O3/c14-10-5-9(18(20)21)6-11(15)13(10)17-7-12(19)8-1-3-16-4-2-8/h1-6,12,17,19H,7H2. The molecule has 0 bridgehead atoms. The van der Waals surface area contributed by atoms with Crippen LogP contribution in [0.3, 0.4) is 0 Å². The second kappa shape index (κ2) is 6.71. The summed E-state index contributed by atoms with van der Waals surface area (Å²) >= 11 is 11.9. The minimum atomic E-state index is -0.782. The average molecular weight is 328 g/mol. The molecule has 1 heterocycles. The molecule has 110 valence electrons. The smallest absolute Gasteiger partial charge is 0.272 e. The van der Waals surface area contributed by atoms with Gasteiger partial charge in [-0.05, 0) is 17.7 Å². The van der Waals surface area contributed by atoms with E-state index in [2.05, 4.69) is 10.3 Å². The maximum atomic E-state index is 10.7. The van der Waals surface area contributed by atoms with E-state index in [0.29, 0.717) is 11.3 Å². The van der Waals surface area contributed by atoms with Gasteiger partial charge in [0.1, 0.15) is 0 Å². The number of non-ortho nitro benzene ring substituents is 1. The van der Waals surface area contributed by atoms with E-state index in [-0.39, 0.29) is 22.3 Å². The molecule has 0 aliphatic carbocycles. The summed E-state index contributed by atoms with van der Waals surface area (Å²) in [6.45, 7) is 0.154. The summed E-state index contributed by atoms with van der Waals surface area (Å²) in [6, 6.07) is 5.78. The fourth-order valence-electron chi connectivity index (χ4n) is 1.74. The van der Waals surface area contributed by atoms with Gasteiger partial charge in [-0.2, -0.15) is 0 Å². The highest BCUT2D eigenvalue weighted by Crippen LogP contribution is 2.34. The largest absolute Gasteiger partial charge is 0.387 e. The Labute approximate surface area is 130 Å². The van der Waals surface area contributed by atoms with Crippen LogP contribution in [0.2, 0.25) is 10.0 Å². The van der Waals surface area contributed by atoms with Gasteiger partial charge < -0.3 is 10.4 Å². The van der Waals surface area contributed by atoms with Gasteiger partial charge >= 0.3 is 0 Å². The zero-order valence-electron chi connectivity index (χ0n) is 10.7. The third-order valence-electron chi connectivity index (χ3n) is 2.80. The molecule has 1 atom stereocenters. The lowest BCUT2D eigenvalue weighted by molar-refractivity contribution is -0.384. The van der Waals surface area contributed by atoms with Crippen molar-refractivity contribution in [1.82, 2.24) is 4.98 Å². The molecule has 2 N–H and O–H groups in total. The molecule has 0 saturated carbocycles. The third kappa shape index (κ3) is 3.81. The molecule has 0 radical (unpaired) electrons. The van der Waals surface area contributed by atoms with Crippen molar-refractivity contribution in [2.75, 3.05) is 11.9 Å². The van der Waals surface area contributed by atoms with E-state index in [1.165, 1.54) is 12.1 Å². The van der Waals surface area contributed by atoms with Crippen LogP contribution in [0.15, 0.2) is 36.7 Å². The summed E-state index contributed by atoms with van der Waals surface area (Å²) in [5.41, 5.74) is 0.842. The number of hydrogen-bond acceptors (Lipinski definition) is 5. The van der Waals surface area contributed by atoms with E-state index < -0.39 is 11.0 Å². The first-order chi connectivity index (χ1) is 9.99. The number of rotatable bonds is 5. The second-order valence-electron chi connectivity index (χ2n) is 4.22. The maximum Gasteiger partial charge on any atom is 0.272 e. The summed E-state index contributed by atoms with van der Waals surface area (Å²) in [5, 5.41) is 23.8. The van der Waals surface area contributed by atoms with Crippen LogP contribution in [0.1, 0.15) is 11.7 Å². The molecular weight excluding hydrogens is 317 g/mol. The SMILES string of the molecule is O=[N+]([O-])c1cc(Cl)c(NCC(O)c2ccncc2)c(Cl)c1. The Morgan fingerprint density at radius 1 is 1.29 bits per heavy atom. The molecule has 0 amide bonds. The van der Waals surface area contributed by atoms with E-state index in [4.69, 9.17) is 23.2 Å².